The van der Waals surface area contributed by atoms with Crippen molar-refractivity contribution in [2.75, 3.05) is 17.1 Å². The molecule has 0 heterocycles. The van der Waals surface area contributed by atoms with E-state index in [0.717, 1.165) is 31.7 Å². The van der Waals surface area contributed by atoms with Crippen molar-refractivity contribution >= 4 is 43.5 Å². The van der Waals surface area contributed by atoms with E-state index in [2.05, 4.69) is 21.2 Å². The van der Waals surface area contributed by atoms with Crippen LogP contribution in [-0.4, -0.2) is 50.0 Å². The van der Waals surface area contributed by atoms with Crippen molar-refractivity contribution < 1.29 is 18.0 Å². The van der Waals surface area contributed by atoms with Gasteiger partial charge in [-0.3, -0.25) is 13.9 Å². The Morgan fingerprint density at radius 2 is 1.70 bits per heavy atom. The lowest BCUT2D eigenvalue weighted by Crippen LogP contribution is -2.52. The zero-order chi connectivity index (χ0) is 24.9. The molecule has 0 bridgehead atoms. The number of nitrogens with one attached hydrogen (secondary N) is 1. The van der Waals surface area contributed by atoms with E-state index in [-0.39, 0.29) is 18.5 Å². The maximum atomic E-state index is 13.5. The predicted molar refractivity (Wildman–Crippen MR) is 136 cm³/mol. The van der Waals surface area contributed by atoms with Gasteiger partial charge >= 0.3 is 0 Å². The Hall–Kier alpha value is -2.39. The third-order valence-corrected chi connectivity index (χ3v) is 6.93. The largest absolute Gasteiger partial charge is 0.352 e. The molecule has 180 valence electrons. The fourth-order valence-electron chi connectivity index (χ4n) is 3.31. The quantitative estimate of drug-likeness (QED) is 0.527. The molecule has 0 saturated carbocycles. The monoisotopic (exact) mass is 537 g/mol. The minimum Gasteiger partial charge on any atom is -0.352 e. The molecule has 0 fully saturated rings. The van der Waals surface area contributed by atoms with E-state index in [4.69, 9.17) is 0 Å². The molecule has 2 rings (SSSR count). The molecule has 2 aromatic rings. The van der Waals surface area contributed by atoms with Gasteiger partial charge in [0.2, 0.25) is 21.8 Å². The minimum atomic E-state index is -3.74. The first-order chi connectivity index (χ1) is 15.3. The van der Waals surface area contributed by atoms with Crippen LogP contribution in [0, 0.1) is 13.8 Å². The second kappa shape index (κ2) is 11.2. The number of carbonyl (C=O) groups excluding carboxylic acids is 2. The highest BCUT2D eigenvalue weighted by Gasteiger charge is 2.30. The first kappa shape index (κ1) is 26.9. The third kappa shape index (κ3) is 7.57. The van der Waals surface area contributed by atoms with Crippen LogP contribution in [0.25, 0.3) is 0 Å². The number of halogens is 1. The highest BCUT2D eigenvalue weighted by atomic mass is 79.9. The van der Waals surface area contributed by atoms with Crippen LogP contribution in [0.2, 0.25) is 0 Å². The summed E-state index contributed by atoms with van der Waals surface area (Å²) in [4.78, 5) is 27.6. The van der Waals surface area contributed by atoms with Gasteiger partial charge in [0.25, 0.3) is 0 Å². The summed E-state index contributed by atoms with van der Waals surface area (Å²) < 4.78 is 27.1. The van der Waals surface area contributed by atoms with E-state index >= 15 is 0 Å². The number of anilines is 1. The Balaban J connectivity index is 2.41. The van der Waals surface area contributed by atoms with Crippen molar-refractivity contribution in [1.29, 1.82) is 0 Å². The normalized spacial score (nSPS) is 12.4. The SMILES string of the molecule is Cc1ccc(N(CC(=O)N(Cc2cccc(Br)c2)C(C)C(=O)NC(C)C)S(C)(=O)=O)cc1C. The van der Waals surface area contributed by atoms with Crippen LogP contribution in [0.1, 0.15) is 37.5 Å². The van der Waals surface area contributed by atoms with Crippen molar-refractivity contribution in [3.05, 3.63) is 63.6 Å². The van der Waals surface area contributed by atoms with Gasteiger partial charge in [-0.25, -0.2) is 8.42 Å². The first-order valence-electron chi connectivity index (χ1n) is 10.7. The molecule has 33 heavy (non-hydrogen) atoms. The Labute approximate surface area is 205 Å². The summed E-state index contributed by atoms with van der Waals surface area (Å²) >= 11 is 3.43. The summed E-state index contributed by atoms with van der Waals surface area (Å²) in [5.74, 6) is -0.768. The van der Waals surface area contributed by atoms with Crippen LogP contribution < -0.4 is 9.62 Å². The second-order valence-electron chi connectivity index (χ2n) is 8.53. The van der Waals surface area contributed by atoms with Crippen molar-refractivity contribution in [3.63, 3.8) is 0 Å². The van der Waals surface area contributed by atoms with E-state index in [1.807, 2.05) is 58.0 Å². The van der Waals surface area contributed by atoms with Crippen LogP contribution in [0.3, 0.4) is 0 Å². The van der Waals surface area contributed by atoms with E-state index in [1.165, 1.54) is 4.90 Å². The molecule has 0 aliphatic heterocycles. The topological polar surface area (TPSA) is 86.8 Å². The van der Waals surface area contributed by atoms with Gasteiger partial charge in [-0.1, -0.05) is 34.1 Å². The molecule has 2 amide bonds. The molecule has 1 N–H and O–H groups in total. The summed E-state index contributed by atoms with van der Waals surface area (Å²) in [6.45, 7) is 8.91. The number of rotatable bonds is 9. The van der Waals surface area contributed by atoms with Crippen LogP contribution in [0.4, 0.5) is 5.69 Å². The van der Waals surface area contributed by atoms with Crippen molar-refractivity contribution in [2.45, 2.75) is 53.2 Å². The van der Waals surface area contributed by atoms with E-state index in [0.29, 0.717) is 5.69 Å². The predicted octanol–water partition coefficient (Wildman–Crippen LogP) is 3.77. The highest BCUT2D eigenvalue weighted by molar-refractivity contribution is 9.10. The zero-order valence-corrected chi connectivity index (χ0v) is 22.3. The fraction of sp³-hybridized carbons (Fsp3) is 0.417. The maximum Gasteiger partial charge on any atom is 0.244 e. The van der Waals surface area contributed by atoms with Gasteiger partial charge in [0.15, 0.2) is 0 Å². The molecule has 0 spiro atoms. The second-order valence-corrected chi connectivity index (χ2v) is 11.4. The lowest BCUT2D eigenvalue weighted by molar-refractivity contribution is -0.139. The molecular formula is C24H32BrN3O4S. The summed E-state index contributed by atoms with van der Waals surface area (Å²) in [6.07, 6.45) is 1.07. The summed E-state index contributed by atoms with van der Waals surface area (Å²) in [6, 6.07) is 11.8. The molecule has 0 radical (unpaired) electrons. The Bertz CT molecular complexity index is 1120. The van der Waals surface area contributed by atoms with Crippen molar-refractivity contribution in [3.8, 4) is 0 Å². The Kier molecular flexibility index (Phi) is 9.08. The number of carbonyl (C=O) groups is 2. The standard InChI is InChI=1S/C24H32BrN3O4S/c1-16(2)26-24(30)19(5)27(14-20-8-7-9-21(25)13-20)23(29)15-28(33(6,31)32)22-11-10-17(3)18(4)12-22/h7-13,16,19H,14-15H2,1-6H3,(H,26,30). The molecule has 1 unspecified atom stereocenters. The maximum absolute atomic E-state index is 13.5. The van der Waals surface area contributed by atoms with Gasteiger partial charge in [0.05, 0.1) is 11.9 Å². The molecule has 0 saturated heterocycles. The average Bonchev–Trinajstić information content (AvgIpc) is 2.70. The number of aryl methyl sites for hydroxylation is 2. The molecule has 9 heteroatoms. The van der Waals surface area contributed by atoms with Gasteiger partial charge in [-0.2, -0.15) is 0 Å². The number of hydrogen-bond acceptors (Lipinski definition) is 4. The molecule has 0 aliphatic carbocycles. The molecule has 0 aliphatic rings. The van der Waals surface area contributed by atoms with Crippen LogP contribution in [0.5, 0.6) is 0 Å². The lowest BCUT2D eigenvalue weighted by atomic mass is 10.1. The van der Waals surface area contributed by atoms with E-state index < -0.39 is 28.5 Å². The van der Waals surface area contributed by atoms with Gasteiger partial charge < -0.3 is 10.2 Å². The molecular weight excluding hydrogens is 506 g/mol. The minimum absolute atomic E-state index is 0.0918. The van der Waals surface area contributed by atoms with Gasteiger partial charge in [0.1, 0.15) is 12.6 Å². The molecule has 2 aromatic carbocycles. The molecule has 0 aromatic heterocycles. The fourth-order valence-corrected chi connectivity index (χ4v) is 4.60. The number of benzene rings is 2. The lowest BCUT2D eigenvalue weighted by Gasteiger charge is -2.32. The van der Waals surface area contributed by atoms with Crippen molar-refractivity contribution in [1.82, 2.24) is 10.2 Å². The number of sulfonamides is 1. The number of nitrogens with zero attached hydrogens (tertiary/aromatic N) is 2. The van der Waals surface area contributed by atoms with Crippen LogP contribution in [0.15, 0.2) is 46.9 Å². The van der Waals surface area contributed by atoms with E-state index in [1.54, 1.807) is 19.1 Å². The summed E-state index contributed by atoms with van der Waals surface area (Å²) in [7, 11) is -3.74. The number of hydrogen-bond donors (Lipinski definition) is 1. The van der Waals surface area contributed by atoms with Gasteiger partial charge in [-0.15, -0.1) is 0 Å². The Morgan fingerprint density at radius 1 is 1.03 bits per heavy atom. The van der Waals surface area contributed by atoms with Crippen molar-refractivity contribution in [2.24, 2.45) is 0 Å². The van der Waals surface area contributed by atoms with Gasteiger partial charge in [0, 0.05) is 17.1 Å². The smallest absolute Gasteiger partial charge is 0.244 e. The zero-order valence-electron chi connectivity index (χ0n) is 19.9. The third-order valence-electron chi connectivity index (χ3n) is 5.30. The summed E-state index contributed by atoms with van der Waals surface area (Å²) in [5.41, 5.74) is 3.17. The van der Waals surface area contributed by atoms with Gasteiger partial charge in [-0.05, 0) is 75.6 Å². The van der Waals surface area contributed by atoms with Crippen LogP contribution in [-0.2, 0) is 26.2 Å². The van der Waals surface area contributed by atoms with E-state index in [9.17, 15) is 18.0 Å². The average molecular weight is 539 g/mol. The Morgan fingerprint density at radius 3 is 2.24 bits per heavy atom. The highest BCUT2D eigenvalue weighted by Crippen LogP contribution is 2.22. The van der Waals surface area contributed by atoms with Crippen LogP contribution >= 0.6 is 15.9 Å². The summed E-state index contributed by atoms with van der Waals surface area (Å²) in [5, 5.41) is 2.83. The first-order valence-corrected chi connectivity index (χ1v) is 13.3. The molecule has 1 atom stereocenters. The molecule has 7 nitrogen and oxygen atoms in total. The number of amides is 2.